The molecule has 1 saturated heterocycles. The molecule has 2 aromatic carbocycles. The van der Waals surface area contributed by atoms with Crippen LogP contribution in [0.5, 0.6) is 0 Å². The predicted octanol–water partition coefficient (Wildman–Crippen LogP) is 3.24. The van der Waals surface area contributed by atoms with Crippen molar-refractivity contribution in [3.63, 3.8) is 0 Å². The summed E-state index contributed by atoms with van der Waals surface area (Å²) in [6.45, 7) is 5.70. The van der Waals surface area contributed by atoms with Crippen LogP contribution in [0.15, 0.2) is 42.5 Å². The summed E-state index contributed by atoms with van der Waals surface area (Å²) in [6.07, 6.45) is -0.356. The number of carbonyl (C=O) groups excluding carboxylic acids is 2. The second kappa shape index (κ2) is 9.05. The second-order valence-corrected chi connectivity index (χ2v) is 7.29. The molecule has 0 bridgehead atoms. The van der Waals surface area contributed by atoms with Gasteiger partial charge in [0.15, 0.2) is 5.78 Å². The normalized spacial score (nSPS) is 15.8. The van der Waals surface area contributed by atoms with Crippen molar-refractivity contribution in [3.05, 3.63) is 65.0 Å². The fraction of sp³-hybridized carbons (Fsp3) is 0.364. The van der Waals surface area contributed by atoms with Gasteiger partial charge in [0.05, 0.1) is 6.04 Å². The molecule has 0 saturated carbocycles. The number of amides is 1. The lowest BCUT2D eigenvalue weighted by atomic mass is 9.99. The first-order valence-corrected chi connectivity index (χ1v) is 9.66. The molecule has 1 amide bonds. The number of benzene rings is 2. The van der Waals surface area contributed by atoms with Gasteiger partial charge in [-0.3, -0.25) is 9.69 Å². The van der Waals surface area contributed by atoms with E-state index in [9.17, 15) is 14.0 Å². The Morgan fingerprint density at radius 1 is 1.14 bits per heavy atom. The van der Waals surface area contributed by atoms with Crippen molar-refractivity contribution in [2.24, 2.45) is 0 Å². The molecule has 154 valence electrons. The van der Waals surface area contributed by atoms with E-state index >= 15 is 0 Å². The Morgan fingerprint density at radius 3 is 2.45 bits per heavy atom. The summed E-state index contributed by atoms with van der Waals surface area (Å²) in [4.78, 5) is 28.8. The molecule has 0 aromatic heterocycles. The standard InChI is InChI=1S/C22H26FN3O3/c1-15-12-18(20(24)13-19(15)23)21(27)16(2)25-8-10-26(11-9-25)22(28)29-14-17-6-4-3-5-7-17/h3-7,12-13,16H,8-11,14,24H2,1-2H3. The molecule has 1 atom stereocenters. The van der Waals surface area contributed by atoms with Gasteiger partial charge in [-0.05, 0) is 37.1 Å². The maximum atomic E-state index is 13.6. The van der Waals surface area contributed by atoms with Gasteiger partial charge in [-0.25, -0.2) is 9.18 Å². The molecule has 1 fully saturated rings. The Bertz CT molecular complexity index is 880. The first kappa shape index (κ1) is 20.8. The molecular formula is C22H26FN3O3. The fourth-order valence-electron chi connectivity index (χ4n) is 3.40. The summed E-state index contributed by atoms with van der Waals surface area (Å²) in [5, 5.41) is 0. The van der Waals surface area contributed by atoms with Crippen LogP contribution in [0.3, 0.4) is 0 Å². The molecule has 1 unspecified atom stereocenters. The van der Waals surface area contributed by atoms with Crippen LogP contribution in [0.2, 0.25) is 0 Å². The molecule has 2 N–H and O–H groups in total. The van der Waals surface area contributed by atoms with Gasteiger partial charge >= 0.3 is 6.09 Å². The maximum absolute atomic E-state index is 13.6. The molecule has 29 heavy (non-hydrogen) atoms. The Kier molecular flexibility index (Phi) is 6.49. The summed E-state index contributed by atoms with van der Waals surface area (Å²) < 4.78 is 19.0. The van der Waals surface area contributed by atoms with E-state index in [0.29, 0.717) is 37.3 Å². The summed E-state index contributed by atoms with van der Waals surface area (Å²) in [5.41, 5.74) is 7.66. The number of piperazine rings is 1. The Morgan fingerprint density at radius 2 is 1.79 bits per heavy atom. The van der Waals surface area contributed by atoms with Crippen LogP contribution in [0.4, 0.5) is 14.9 Å². The zero-order valence-corrected chi connectivity index (χ0v) is 16.7. The molecule has 1 aliphatic heterocycles. The van der Waals surface area contributed by atoms with Crippen LogP contribution < -0.4 is 5.73 Å². The number of hydrogen-bond acceptors (Lipinski definition) is 5. The Labute approximate surface area is 170 Å². The van der Waals surface area contributed by atoms with E-state index in [1.807, 2.05) is 42.2 Å². The van der Waals surface area contributed by atoms with Crippen molar-refractivity contribution in [2.75, 3.05) is 31.9 Å². The minimum absolute atomic E-state index is 0.146. The van der Waals surface area contributed by atoms with Crippen LogP contribution in [-0.2, 0) is 11.3 Å². The largest absolute Gasteiger partial charge is 0.445 e. The lowest BCUT2D eigenvalue weighted by Gasteiger charge is -2.37. The highest BCUT2D eigenvalue weighted by atomic mass is 19.1. The highest BCUT2D eigenvalue weighted by Crippen LogP contribution is 2.21. The van der Waals surface area contributed by atoms with Crippen LogP contribution >= 0.6 is 0 Å². The highest BCUT2D eigenvalue weighted by molar-refractivity contribution is 6.04. The number of ether oxygens (including phenoxy) is 1. The minimum Gasteiger partial charge on any atom is -0.445 e. The first-order valence-electron chi connectivity index (χ1n) is 9.66. The van der Waals surface area contributed by atoms with Crippen LogP contribution in [-0.4, -0.2) is 53.9 Å². The summed E-state index contributed by atoms with van der Waals surface area (Å²) in [5.74, 6) is -0.569. The van der Waals surface area contributed by atoms with Crippen molar-refractivity contribution in [3.8, 4) is 0 Å². The van der Waals surface area contributed by atoms with E-state index in [0.717, 1.165) is 5.56 Å². The van der Waals surface area contributed by atoms with Crippen LogP contribution in [0, 0.1) is 12.7 Å². The lowest BCUT2D eigenvalue weighted by Crippen LogP contribution is -2.53. The molecule has 2 aromatic rings. The lowest BCUT2D eigenvalue weighted by molar-refractivity contribution is 0.0564. The van der Waals surface area contributed by atoms with Gasteiger partial charge in [-0.15, -0.1) is 0 Å². The molecule has 3 rings (SSSR count). The average molecular weight is 399 g/mol. The number of ketones is 1. The van der Waals surface area contributed by atoms with Gasteiger partial charge in [0.2, 0.25) is 0 Å². The molecular weight excluding hydrogens is 373 g/mol. The number of aryl methyl sites for hydroxylation is 1. The zero-order valence-electron chi connectivity index (χ0n) is 16.7. The van der Waals surface area contributed by atoms with Gasteiger partial charge in [-0.1, -0.05) is 30.3 Å². The Hall–Kier alpha value is -2.93. The van der Waals surface area contributed by atoms with E-state index < -0.39 is 11.9 Å². The average Bonchev–Trinajstić information content (AvgIpc) is 2.74. The molecule has 0 radical (unpaired) electrons. The molecule has 0 aliphatic carbocycles. The zero-order chi connectivity index (χ0) is 21.0. The quantitative estimate of drug-likeness (QED) is 0.617. The number of nitrogens with two attached hydrogens (primary N) is 1. The van der Waals surface area contributed by atoms with E-state index in [1.165, 1.54) is 12.1 Å². The topological polar surface area (TPSA) is 75.9 Å². The smallest absolute Gasteiger partial charge is 0.410 e. The number of nitrogens with zero attached hydrogens (tertiary/aromatic N) is 2. The number of halogens is 1. The van der Waals surface area contributed by atoms with Crippen molar-refractivity contribution in [2.45, 2.75) is 26.5 Å². The van der Waals surface area contributed by atoms with Gasteiger partial charge in [0.1, 0.15) is 12.4 Å². The number of carbonyl (C=O) groups is 2. The number of rotatable bonds is 5. The third-order valence-corrected chi connectivity index (χ3v) is 5.30. The summed E-state index contributed by atoms with van der Waals surface area (Å²) >= 11 is 0. The van der Waals surface area contributed by atoms with Crippen molar-refractivity contribution < 1.29 is 18.7 Å². The van der Waals surface area contributed by atoms with Crippen molar-refractivity contribution >= 4 is 17.6 Å². The van der Waals surface area contributed by atoms with Gasteiger partial charge in [0, 0.05) is 37.4 Å². The van der Waals surface area contributed by atoms with Gasteiger partial charge in [0.25, 0.3) is 0 Å². The molecule has 6 nitrogen and oxygen atoms in total. The third kappa shape index (κ3) is 4.92. The third-order valence-electron chi connectivity index (χ3n) is 5.30. The van der Waals surface area contributed by atoms with E-state index in [4.69, 9.17) is 10.5 Å². The van der Waals surface area contributed by atoms with Crippen molar-refractivity contribution in [1.29, 1.82) is 0 Å². The number of nitrogen functional groups attached to an aromatic ring is 1. The van der Waals surface area contributed by atoms with Crippen molar-refractivity contribution in [1.82, 2.24) is 9.80 Å². The monoisotopic (exact) mass is 399 g/mol. The van der Waals surface area contributed by atoms with Crippen LogP contribution in [0.25, 0.3) is 0 Å². The van der Waals surface area contributed by atoms with E-state index in [1.54, 1.807) is 11.8 Å². The van der Waals surface area contributed by atoms with Crippen LogP contribution in [0.1, 0.15) is 28.4 Å². The SMILES string of the molecule is Cc1cc(C(=O)C(C)N2CCN(C(=O)OCc3ccccc3)CC2)c(N)cc1F. The van der Waals surface area contributed by atoms with Gasteiger partial charge in [-0.2, -0.15) is 0 Å². The highest BCUT2D eigenvalue weighted by Gasteiger charge is 2.29. The number of anilines is 1. The van der Waals surface area contributed by atoms with E-state index in [2.05, 4.69) is 0 Å². The predicted molar refractivity (Wildman–Crippen MR) is 109 cm³/mol. The molecule has 0 spiro atoms. The van der Waals surface area contributed by atoms with E-state index in [-0.39, 0.29) is 24.2 Å². The second-order valence-electron chi connectivity index (χ2n) is 7.29. The van der Waals surface area contributed by atoms with Gasteiger partial charge < -0.3 is 15.4 Å². The Balaban J connectivity index is 1.54. The minimum atomic E-state index is -0.422. The number of Topliss-reactive ketones (excluding diaryl/α,β-unsaturated/α-hetero) is 1. The summed E-state index contributed by atoms with van der Waals surface area (Å²) in [7, 11) is 0. The fourth-order valence-corrected chi connectivity index (χ4v) is 3.40. The number of hydrogen-bond donors (Lipinski definition) is 1. The molecule has 7 heteroatoms. The molecule has 1 heterocycles. The summed E-state index contributed by atoms with van der Waals surface area (Å²) in [6, 6.07) is 11.8. The first-order chi connectivity index (χ1) is 13.9. The molecule has 1 aliphatic rings. The maximum Gasteiger partial charge on any atom is 0.410 e.